The second-order valence-corrected chi connectivity index (χ2v) is 3.50. The molecular formula is C9H18O4. The van der Waals surface area contributed by atoms with Crippen LogP contribution in [0.1, 0.15) is 26.7 Å². The molecule has 0 aromatic rings. The van der Waals surface area contributed by atoms with E-state index < -0.39 is 11.4 Å². The lowest BCUT2D eigenvalue weighted by molar-refractivity contribution is -0.155. The summed E-state index contributed by atoms with van der Waals surface area (Å²) < 4.78 is 0. The van der Waals surface area contributed by atoms with Gasteiger partial charge in [0.15, 0.2) is 0 Å². The highest BCUT2D eigenvalue weighted by atomic mass is 16.4. The maximum absolute atomic E-state index is 10.9. The summed E-state index contributed by atoms with van der Waals surface area (Å²) >= 11 is 0. The third kappa shape index (κ3) is 2.67. The number of carbonyl (C=O) groups is 1. The number of aliphatic hydroxyl groups is 2. The second-order valence-electron chi connectivity index (χ2n) is 3.50. The van der Waals surface area contributed by atoms with Crippen molar-refractivity contribution in [3.05, 3.63) is 0 Å². The SMILES string of the molecule is CCC(CCO)C(C)(CO)C(=O)O. The van der Waals surface area contributed by atoms with Crippen LogP contribution in [0, 0.1) is 11.3 Å². The summed E-state index contributed by atoms with van der Waals surface area (Å²) in [5.41, 5.74) is -1.13. The number of aliphatic hydroxyl groups excluding tert-OH is 2. The van der Waals surface area contributed by atoms with E-state index in [9.17, 15) is 4.79 Å². The molecule has 0 spiro atoms. The number of hydrogen-bond acceptors (Lipinski definition) is 3. The highest BCUT2D eigenvalue weighted by Gasteiger charge is 2.39. The average Bonchev–Trinajstić information content (AvgIpc) is 2.12. The van der Waals surface area contributed by atoms with Crippen molar-refractivity contribution in [2.24, 2.45) is 11.3 Å². The summed E-state index contributed by atoms with van der Waals surface area (Å²) in [4.78, 5) is 10.9. The highest BCUT2D eigenvalue weighted by Crippen LogP contribution is 2.32. The first-order valence-corrected chi connectivity index (χ1v) is 4.48. The molecule has 0 bridgehead atoms. The molecule has 0 heterocycles. The van der Waals surface area contributed by atoms with Gasteiger partial charge in [-0.3, -0.25) is 4.79 Å². The topological polar surface area (TPSA) is 77.8 Å². The van der Waals surface area contributed by atoms with E-state index >= 15 is 0 Å². The molecule has 0 saturated carbocycles. The number of hydrogen-bond donors (Lipinski definition) is 3. The summed E-state index contributed by atoms with van der Waals surface area (Å²) in [5, 5.41) is 26.7. The molecule has 0 aromatic heterocycles. The molecule has 0 aromatic carbocycles. The van der Waals surface area contributed by atoms with E-state index in [4.69, 9.17) is 15.3 Å². The van der Waals surface area contributed by atoms with Gasteiger partial charge in [0.2, 0.25) is 0 Å². The minimum Gasteiger partial charge on any atom is -0.481 e. The monoisotopic (exact) mass is 190 g/mol. The van der Waals surface area contributed by atoms with Crippen LogP contribution in [0.15, 0.2) is 0 Å². The Kier molecular flexibility index (Phi) is 4.95. The van der Waals surface area contributed by atoms with Crippen LogP contribution in [-0.4, -0.2) is 34.5 Å². The Labute approximate surface area is 78.2 Å². The van der Waals surface area contributed by atoms with E-state index in [0.29, 0.717) is 12.8 Å². The van der Waals surface area contributed by atoms with Gasteiger partial charge in [-0.05, 0) is 19.3 Å². The fourth-order valence-electron chi connectivity index (χ4n) is 1.50. The van der Waals surface area contributed by atoms with Gasteiger partial charge >= 0.3 is 5.97 Å². The quantitative estimate of drug-likeness (QED) is 0.569. The van der Waals surface area contributed by atoms with Crippen LogP contribution in [0.3, 0.4) is 0 Å². The molecule has 0 aliphatic heterocycles. The lowest BCUT2D eigenvalue weighted by atomic mass is 9.74. The molecule has 0 aliphatic carbocycles. The minimum atomic E-state index is -1.13. The molecule has 0 radical (unpaired) electrons. The van der Waals surface area contributed by atoms with Crippen LogP contribution in [0.2, 0.25) is 0 Å². The van der Waals surface area contributed by atoms with Gasteiger partial charge in [-0.2, -0.15) is 0 Å². The first-order chi connectivity index (χ1) is 6.02. The Morgan fingerprint density at radius 2 is 2.00 bits per heavy atom. The number of aliphatic carboxylic acids is 1. The molecule has 0 aliphatic rings. The minimum absolute atomic E-state index is 0.0403. The van der Waals surface area contributed by atoms with Crippen LogP contribution in [0.5, 0.6) is 0 Å². The van der Waals surface area contributed by atoms with E-state index in [1.807, 2.05) is 6.92 Å². The summed E-state index contributed by atoms with van der Waals surface area (Å²) in [6, 6.07) is 0. The zero-order chi connectivity index (χ0) is 10.5. The van der Waals surface area contributed by atoms with Crippen LogP contribution in [0.4, 0.5) is 0 Å². The van der Waals surface area contributed by atoms with Crippen LogP contribution in [-0.2, 0) is 4.79 Å². The van der Waals surface area contributed by atoms with Crippen molar-refractivity contribution < 1.29 is 20.1 Å². The molecule has 2 atom stereocenters. The molecule has 4 heteroatoms. The van der Waals surface area contributed by atoms with Crippen molar-refractivity contribution in [3.63, 3.8) is 0 Å². The normalized spacial score (nSPS) is 17.8. The van der Waals surface area contributed by atoms with Gasteiger partial charge < -0.3 is 15.3 Å². The Balaban J connectivity index is 4.58. The first-order valence-electron chi connectivity index (χ1n) is 4.48. The fraction of sp³-hybridized carbons (Fsp3) is 0.889. The van der Waals surface area contributed by atoms with Crippen molar-refractivity contribution in [3.8, 4) is 0 Å². The van der Waals surface area contributed by atoms with E-state index in [2.05, 4.69) is 0 Å². The molecule has 3 N–H and O–H groups in total. The summed E-state index contributed by atoms with van der Waals surface area (Å²) in [5.74, 6) is -1.18. The summed E-state index contributed by atoms with van der Waals surface area (Å²) in [7, 11) is 0. The number of carboxylic acids is 1. The van der Waals surface area contributed by atoms with Gasteiger partial charge in [0.25, 0.3) is 0 Å². The average molecular weight is 190 g/mol. The third-order valence-corrected chi connectivity index (χ3v) is 2.69. The van der Waals surface area contributed by atoms with Crippen LogP contribution in [0.25, 0.3) is 0 Å². The first kappa shape index (κ1) is 12.4. The maximum atomic E-state index is 10.9. The summed E-state index contributed by atoms with van der Waals surface area (Å²) in [6.45, 7) is 2.94. The molecule has 0 rings (SSSR count). The second kappa shape index (κ2) is 5.19. The lowest BCUT2D eigenvalue weighted by Gasteiger charge is -2.31. The number of carboxylic acid groups (broad SMARTS) is 1. The molecular weight excluding hydrogens is 172 g/mol. The molecule has 0 fully saturated rings. The van der Waals surface area contributed by atoms with E-state index in [1.54, 1.807) is 0 Å². The largest absolute Gasteiger partial charge is 0.481 e. The molecule has 13 heavy (non-hydrogen) atoms. The molecule has 0 amide bonds. The molecule has 4 nitrogen and oxygen atoms in total. The van der Waals surface area contributed by atoms with Crippen molar-refractivity contribution in [1.29, 1.82) is 0 Å². The predicted molar refractivity (Wildman–Crippen MR) is 48.3 cm³/mol. The van der Waals surface area contributed by atoms with Gasteiger partial charge in [-0.1, -0.05) is 13.3 Å². The molecule has 0 saturated heterocycles. The Morgan fingerprint density at radius 1 is 1.46 bits per heavy atom. The van der Waals surface area contributed by atoms with Crippen molar-refractivity contribution in [1.82, 2.24) is 0 Å². The van der Waals surface area contributed by atoms with E-state index in [-0.39, 0.29) is 19.1 Å². The zero-order valence-corrected chi connectivity index (χ0v) is 8.16. The highest BCUT2D eigenvalue weighted by molar-refractivity contribution is 5.74. The Morgan fingerprint density at radius 3 is 2.23 bits per heavy atom. The van der Waals surface area contributed by atoms with Gasteiger partial charge in [0, 0.05) is 6.61 Å². The van der Waals surface area contributed by atoms with E-state index in [1.165, 1.54) is 6.92 Å². The van der Waals surface area contributed by atoms with E-state index in [0.717, 1.165) is 0 Å². The molecule has 2 unspecified atom stereocenters. The predicted octanol–water partition coefficient (Wildman–Crippen LogP) is 0.478. The van der Waals surface area contributed by atoms with Crippen LogP contribution >= 0.6 is 0 Å². The Bertz CT molecular complexity index is 169. The Hall–Kier alpha value is -0.610. The van der Waals surface area contributed by atoms with Gasteiger partial charge in [0.1, 0.15) is 0 Å². The third-order valence-electron chi connectivity index (χ3n) is 2.69. The fourth-order valence-corrected chi connectivity index (χ4v) is 1.50. The lowest BCUT2D eigenvalue weighted by Crippen LogP contribution is -2.39. The molecule has 78 valence electrons. The zero-order valence-electron chi connectivity index (χ0n) is 8.16. The van der Waals surface area contributed by atoms with Crippen molar-refractivity contribution in [2.45, 2.75) is 26.7 Å². The maximum Gasteiger partial charge on any atom is 0.311 e. The van der Waals surface area contributed by atoms with Gasteiger partial charge in [0.05, 0.1) is 12.0 Å². The standard InChI is InChI=1S/C9H18O4/c1-3-7(4-5-10)9(2,6-11)8(12)13/h7,10-11H,3-6H2,1-2H3,(H,12,13). The summed E-state index contributed by atoms with van der Waals surface area (Å²) in [6.07, 6.45) is 1.06. The van der Waals surface area contributed by atoms with Crippen molar-refractivity contribution >= 4 is 5.97 Å². The van der Waals surface area contributed by atoms with Crippen molar-refractivity contribution in [2.75, 3.05) is 13.2 Å². The van der Waals surface area contributed by atoms with Gasteiger partial charge in [-0.15, -0.1) is 0 Å². The number of rotatable bonds is 6. The van der Waals surface area contributed by atoms with Gasteiger partial charge in [-0.25, -0.2) is 0 Å². The smallest absolute Gasteiger partial charge is 0.311 e. The van der Waals surface area contributed by atoms with Crippen LogP contribution < -0.4 is 0 Å².